The Labute approximate surface area is 66.7 Å². The van der Waals surface area contributed by atoms with E-state index in [2.05, 4.69) is 0 Å². The Morgan fingerprint density at radius 1 is 1.00 bits per heavy atom. The normalized spacial score (nSPS) is 0. The topological polar surface area (TPSA) is 0 Å². The van der Waals surface area contributed by atoms with Crippen molar-refractivity contribution in [3.05, 3.63) is 0 Å². The molecule has 0 fully saturated rings. The van der Waals surface area contributed by atoms with Crippen LogP contribution >= 0.6 is 12.4 Å². The Bertz CT molecular complexity index is 8.00. The molecule has 0 aliphatic rings. The molecule has 0 N–H and O–H groups in total. The second-order valence-electron chi connectivity index (χ2n) is 0. The molecule has 0 bridgehead atoms. The summed E-state index contributed by atoms with van der Waals surface area (Å²) in [6, 6.07) is 0. The molecule has 0 saturated heterocycles. The molecule has 21 valence electrons. The maximum atomic E-state index is 0. The summed E-state index contributed by atoms with van der Waals surface area (Å²) in [4.78, 5) is 0. The zero-order valence-electron chi connectivity index (χ0n) is 1.81. The fraction of sp³-hybridized carbons (Fsp3) is 0. The van der Waals surface area contributed by atoms with Crippen molar-refractivity contribution in [1.29, 1.82) is 0 Å². The van der Waals surface area contributed by atoms with Crippen LogP contribution in [0.2, 0.25) is 0 Å². The van der Waals surface area contributed by atoms with Crippen molar-refractivity contribution in [2.75, 3.05) is 0 Å². The third-order valence-corrected chi connectivity index (χ3v) is 0. The van der Waals surface area contributed by atoms with E-state index in [1.807, 2.05) is 0 Å². The second-order valence-corrected chi connectivity index (χ2v) is 0. The van der Waals surface area contributed by atoms with E-state index in [0.717, 1.165) is 0 Å². The van der Waals surface area contributed by atoms with Gasteiger partial charge in [0.25, 0.3) is 0 Å². The van der Waals surface area contributed by atoms with E-state index in [-0.39, 0.29) is 67.2 Å². The molecule has 0 nitrogen and oxygen atoms in total. The summed E-state index contributed by atoms with van der Waals surface area (Å²) in [5, 5.41) is 0. The summed E-state index contributed by atoms with van der Waals surface area (Å²) >= 11 is 0. The molecule has 9 radical (unpaired) electrons. The van der Waals surface area contributed by atoms with Crippen LogP contribution in [0.1, 0.15) is 0 Å². The molecule has 0 aliphatic heterocycles. The molecule has 0 rings (SSSR count). The van der Waals surface area contributed by atoms with Gasteiger partial charge in [0.05, 0.1) is 0 Å². The summed E-state index contributed by atoms with van der Waals surface area (Å²) in [5.74, 6) is 0. The molecule has 0 heterocycles. The third-order valence-electron chi connectivity index (χ3n) is 0. The van der Waals surface area contributed by atoms with Gasteiger partial charge in [0, 0.05) is 67.2 Å². The minimum absolute atomic E-state index is 0. The number of hydrogen-bond acceptors (Lipinski definition) is 0. The van der Waals surface area contributed by atoms with Gasteiger partial charge in [-0.05, 0) is 0 Å². The van der Waals surface area contributed by atoms with Crippen LogP contribution in [0.3, 0.4) is 0 Å². The Hall–Kier alpha value is 2.00. The smallest absolute Gasteiger partial charge is 0 e. The van der Waals surface area contributed by atoms with Gasteiger partial charge in [-0.15, -0.1) is 0 Å². The average Bonchev–Trinajstić information content (AvgIpc) is 0. The molecule has 4 heteroatoms. The molecular formula is AsClGaSe. The van der Waals surface area contributed by atoms with Crippen LogP contribution in [0.5, 0.6) is 0 Å². The molecule has 0 aromatic rings. The van der Waals surface area contributed by atoms with Gasteiger partial charge in [0.2, 0.25) is 0 Å². The summed E-state index contributed by atoms with van der Waals surface area (Å²) < 4.78 is 0. The van der Waals surface area contributed by atoms with Crippen LogP contribution in [0, 0.1) is 0 Å². The molecule has 4 heavy (non-hydrogen) atoms. The number of hydrogen-bond donors (Lipinski definition) is 0. The summed E-state index contributed by atoms with van der Waals surface area (Å²) in [6.07, 6.45) is 0. The monoisotopic (exact) mass is 259 g/mol. The SMILES string of the molecule is [As].[Cl].[Ga].[Se]. The second kappa shape index (κ2) is 20.0. The average molecular weight is 259 g/mol. The van der Waals surface area contributed by atoms with Gasteiger partial charge in [0.1, 0.15) is 0 Å². The van der Waals surface area contributed by atoms with E-state index in [4.69, 9.17) is 0 Å². The van der Waals surface area contributed by atoms with Crippen molar-refractivity contribution in [2.45, 2.75) is 0 Å². The fourth-order valence-corrected chi connectivity index (χ4v) is 0. The largest absolute Gasteiger partial charge is 0 e. The molecule has 0 spiro atoms. The van der Waals surface area contributed by atoms with Gasteiger partial charge in [-0.1, -0.05) is 0 Å². The summed E-state index contributed by atoms with van der Waals surface area (Å²) in [5.41, 5.74) is 0. The Morgan fingerprint density at radius 3 is 1.00 bits per heavy atom. The molecule has 0 aromatic carbocycles. The van der Waals surface area contributed by atoms with Gasteiger partial charge in [0.15, 0.2) is 0 Å². The molecule has 0 atom stereocenters. The van der Waals surface area contributed by atoms with Gasteiger partial charge in [-0.3, -0.25) is 0 Å². The molecule has 0 aliphatic carbocycles. The van der Waals surface area contributed by atoms with Crippen LogP contribution in [0.4, 0.5) is 0 Å². The van der Waals surface area contributed by atoms with Crippen molar-refractivity contribution in [1.82, 2.24) is 0 Å². The van der Waals surface area contributed by atoms with E-state index in [1.54, 1.807) is 0 Å². The van der Waals surface area contributed by atoms with Crippen molar-refractivity contribution >= 4 is 67.2 Å². The van der Waals surface area contributed by atoms with E-state index < -0.39 is 0 Å². The predicted molar refractivity (Wildman–Crippen MR) is 23.1 cm³/mol. The van der Waals surface area contributed by atoms with Gasteiger partial charge in [-0.2, -0.15) is 0 Å². The van der Waals surface area contributed by atoms with Crippen LogP contribution < -0.4 is 0 Å². The Kier molecular flexibility index (Phi) is 187. The van der Waals surface area contributed by atoms with Crippen LogP contribution in [0.25, 0.3) is 0 Å². The number of halogens is 1. The van der Waals surface area contributed by atoms with Crippen molar-refractivity contribution in [3.63, 3.8) is 0 Å². The van der Waals surface area contributed by atoms with Gasteiger partial charge < -0.3 is 0 Å². The van der Waals surface area contributed by atoms with Crippen molar-refractivity contribution < 1.29 is 0 Å². The molecule has 0 amide bonds. The predicted octanol–water partition coefficient (Wildman–Crippen LogP) is -0.453. The fourth-order valence-electron chi connectivity index (χ4n) is 0. The molecule has 0 unspecified atom stereocenters. The summed E-state index contributed by atoms with van der Waals surface area (Å²) in [7, 11) is 0. The first kappa shape index (κ1) is 37.4. The van der Waals surface area contributed by atoms with Crippen LogP contribution in [-0.2, 0) is 0 Å². The first-order valence-corrected chi connectivity index (χ1v) is 0. The van der Waals surface area contributed by atoms with E-state index >= 15 is 0 Å². The van der Waals surface area contributed by atoms with E-state index in [9.17, 15) is 0 Å². The van der Waals surface area contributed by atoms with E-state index in [1.165, 1.54) is 0 Å². The zero-order chi connectivity index (χ0) is 0. The summed E-state index contributed by atoms with van der Waals surface area (Å²) in [6.45, 7) is 0. The quantitative estimate of drug-likeness (QED) is 0.517. The standard InChI is InChI=1S/As.Cl.Ga.Se. The number of rotatable bonds is 0. The minimum atomic E-state index is 0. The first-order chi connectivity index (χ1) is 0. The Morgan fingerprint density at radius 2 is 1.00 bits per heavy atom. The first-order valence-electron chi connectivity index (χ1n) is 0. The van der Waals surface area contributed by atoms with Gasteiger partial charge in [-0.25, -0.2) is 0 Å². The molecular weight excluding hydrogens is 259 g/mol. The maximum Gasteiger partial charge on any atom is 0 e. The zero-order valence-corrected chi connectivity index (χ0v) is 8.58. The van der Waals surface area contributed by atoms with E-state index in [0.29, 0.717) is 0 Å². The van der Waals surface area contributed by atoms with Crippen molar-refractivity contribution in [2.24, 2.45) is 0 Å². The van der Waals surface area contributed by atoms with Gasteiger partial charge >= 0.3 is 0 Å². The Balaban J connectivity index is 0. The van der Waals surface area contributed by atoms with Crippen LogP contribution in [0.15, 0.2) is 0 Å². The third kappa shape index (κ3) is 9.00. The van der Waals surface area contributed by atoms with Crippen LogP contribution in [-0.4, -0.2) is 54.8 Å². The maximum absolute atomic E-state index is 0. The molecule has 0 saturated carbocycles. The minimum Gasteiger partial charge on any atom is 0 e. The molecule has 0 aromatic heterocycles. The van der Waals surface area contributed by atoms with Crippen molar-refractivity contribution in [3.8, 4) is 0 Å².